The Bertz CT molecular complexity index is 1210. The van der Waals surface area contributed by atoms with Crippen LogP contribution in [0.3, 0.4) is 0 Å². The maximum Gasteiger partial charge on any atom is 0.261 e. The number of rotatable bonds is 6. The van der Waals surface area contributed by atoms with Crippen molar-refractivity contribution in [3.8, 4) is 6.07 Å². The highest BCUT2D eigenvalue weighted by molar-refractivity contribution is 7.92. The maximum absolute atomic E-state index is 12.7. The molecule has 3 rings (SSSR count). The van der Waals surface area contributed by atoms with Crippen LogP contribution in [-0.4, -0.2) is 14.3 Å². The molecular weight excluding hydrogens is 398 g/mol. The molecule has 0 saturated heterocycles. The first-order valence-corrected chi connectivity index (χ1v) is 10.7. The Labute approximate surface area is 176 Å². The highest BCUT2D eigenvalue weighted by Crippen LogP contribution is 2.22. The number of sulfonamides is 1. The average Bonchev–Trinajstić information content (AvgIpc) is 2.73. The van der Waals surface area contributed by atoms with Crippen molar-refractivity contribution in [1.29, 1.82) is 5.26 Å². The number of hydrogen-bond donors (Lipinski definition) is 2. The molecule has 0 aliphatic rings. The van der Waals surface area contributed by atoms with Crippen molar-refractivity contribution in [1.82, 2.24) is 0 Å². The molecule has 0 radical (unpaired) electrons. The van der Waals surface area contributed by atoms with E-state index in [-0.39, 0.29) is 10.8 Å². The number of hydrogen-bond acceptors (Lipinski definition) is 4. The summed E-state index contributed by atoms with van der Waals surface area (Å²) in [5.41, 5.74) is 4.16. The van der Waals surface area contributed by atoms with Crippen LogP contribution in [0.1, 0.15) is 27.0 Å². The number of amides is 1. The summed E-state index contributed by atoms with van der Waals surface area (Å²) in [5.74, 6) is -0.352. The molecule has 0 unspecified atom stereocenters. The van der Waals surface area contributed by atoms with Crippen molar-refractivity contribution in [3.05, 3.63) is 89.0 Å². The molecule has 0 atom stereocenters. The van der Waals surface area contributed by atoms with Crippen LogP contribution < -0.4 is 10.0 Å². The Morgan fingerprint density at radius 1 is 0.967 bits per heavy atom. The molecule has 0 fully saturated rings. The van der Waals surface area contributed by atoms with Gasteiger partial charge in [-0.3, -0.25) is 9.52 Å². The predicted molar refractivity (Wildman–Crippen MR) is 117 cm³/mol. The van der Waals surface area contributed by atoms with Crippen molar-refractivity contribution in [2.45, 2.75) is 25.2 Å². The average molecular weight is 420 g/mol. The first-order chi connectivity index (χ1) is 14.3. The van der Waals surface area contributed by atoms with Crippen molar-refractivity contribution >= 4 is 27.3 Å². The van der Waals surface area contributed by atoms with E-state index in [4.69, 9.17) is 5.26 Å². The molecule has 0 bridgehead atoms. The van der Waals surface area contributed by atoms with Gasteiger partial charge in [-0.1, -0.05) is 24.3 Å². The van der Waals surface area contributed by atoms with Crippen LogP contribution in [0.4, 0.5) is 11.4 Å². The van der Waals surface area contributed by atoms with Gasteiger partial charge in [-0.2, -0.15) is 5.26 Å². The Morgan fingerprint density at radius 2 is 1.63 bits per heavy atom. The van der Waals surface area contributed by atoms with Crippen LogP contribution in [0, 0.1) is 25.2 Å². The van der Waals surface area contributed by atoms with Crippen molar-refractivity contribution in [3.63, 3.8) is 0 Å². The van der Waals surface area contributed by atoms with Gasteiger partial charge in [0.25, 0.3) is 15.9 Å². The number of nitrogens with zero attached hydrogens (tertiary/aromatic N) is 1. The van der Waals surface area contributed by atoms with Crippen molar-refractivity contribution < 1.29 is 13.2 Å². The highest BCUT2D eigenvalue weighted by atomic mass is 32.2. The third-order valence-corrected chi connectivity index (χ3v) is 6.15. The summed E-state index contributed by atoms with van der Waals surface area (Å²) in [6, 6.07) is 20.2. The Hall–Kier alpha value is -3.63. The zero-order chi connectivity index (χ0) is 21.7. The van der Waals surface area contributed by atoms with E-state index >= 15 is 0 Å². The molecule has 1 amide bonds. The summed E-state index contributed by atoms with van der Waals surface area (Å²) in [6.07, 6.45) is 0.306. The van der Waals surface area contributed by atoms with Crippen LogP contribution in [0.25, 0.3) is 0 Å². The summed E-state index contributed by atoms with van der Waals surface area (Å²) >= 11 is 0. The lowest BCUT2D eigenvalue weighted by molar-refractivity contribution is 0.102. The number of benzene rings is 3. The highest BCUT2D eigenvalue weighted by Gasteiger charge is 2.16. The summed E-state index contributed by atoms with van der Waals surface area (Å²) in [7, 11) is -3.77. The minimum atomic E-state index is -3.77. The second-order valence-electron chi connectivity index (χ2n) is 6.86. The van der Waals surface area contributed by atoms with Gasteiger partial charge in [0.05, 0.1) is 23.1 Å². The molecule has 3 aromatic rings. The SMILES string of the molecule is Cc1cccc(NS(=O)(=O)c2ccc(C(=O)Nc3ccc(CC#N)cc3)cc2)c1C. The number of nitrogens with one attached hydrogen (secondary N) is 2. The lowest BCUT2D eigenvalue weighted by Crippen LogP contribution is -2.15. The lowest BCUT2D eigenvalue weighted by atomic mass is 10.1. The molecule has 0 spiro atoms. The van der Waals surface area contributed by atoms with E-state index in [1.165, 1.54) is 24.3 Å². The smallest absolute Gasteiger partial charge is 0.261 e. The molecule has 0 aliphatic carbocycles. The zero-order valence-corrected chi connectivity index (χ0v) is 17.5. The summed E-state index contributed by atoms with van der Waals surface area (Å²) in [6.45, 7) is 3.77. The molecular formula is C23H21N3O3S. The quantitative estimate of drug-likeness (QED) is 0.618. The fourth-order valence-corrected chi connectivity index (χ4v) is 3.97. The first kappa shape index (κ1) is 21.1. The van der Waals surface area contributed by atoms with E-state index in [2.05, 4.69) is 16.1 Å². The second kappa shape index (κ2) is 8.80. The molecule has 30 heavy (non-hydrogen) atoms. The number of anilines is 2. The summed E-state index contributed by atoms with van der Waals surface area (Å²) in [4.78, 5) is 12.5. The molecule has 6 nitrogen and oxygen atoms in total. The van der Waals surface area contributed by atoms with Crippen LogP contribution in [0.5, 0.6) is 0 Å². The minimum absolute atomic E-state index is 0.0702. The molecule has 0 heterocycles. The third kappa shape index (κ3) is 4.85. The maximum atomic E-state index is 12.7. The Morgan fingerprint density at radius 3 is 2.27 bits per heavy atom. The normalized spacial score (nSPS) is 10.8. The Balaban J connectivity index is 1.72. The minimum Gasteiger partial charge on any atom is -0.322 e. The van der Waals surface area contributed by atoms with Gasteiger partial charge in [0.15, 0.2) is 0 Å². The van der Waals surface area contributed by atoms with Gasteiger partial charge in [0.1, 0.15) is 0 Å². The number of carbonyl (C=O) groups excluding carboxylic acids is 1. The molecule has 0 aromatic heterocycles. The van der Waals surface area contributed by atoms with Crippen LogP contribution >= 0.6 is 0 Å². The molecule has 3 aromatic carbocycles. The van der Waals surface area contributed by atoms with Crippen molar-refractivity contribution in [2.75, 3.05) is 10.0 Å². The van der Waals surface area contributed by atoms with Gasteiger partial charge in [0.2, 0.25) is 0 Å². The second-order valence-corrected chi connectivity index (χ2v) is 8.55. The van der Waals surface area contributed by atoms with E-state index in [1.54, 1.807) is 36.4 Å². The predicted octanol–water partition coefficient (Wildman–Crippen LogP) is 4.42. The molecule has 0 saturated carbocycles. The number of nitriles is 1. The van der Waals surface area contributed by atoms with Crippen LogP contribution in [-0.2, 0) is 16.4 Å². The number of carbonyl (C=O) groups is 1. The number of aryl methyl sites for hydroxylation is 1. The van der Waals surface area contributed by atoms with Gasteiger partial charge < -0.3 is 5.32 Å². The van der Waals surface area contributed by atoms with Crippen LogP contribution in [0.2, 0.25) is 0 Å². The fourth-order valence-electron chi connectivity index (χ4n) is 2.85. The molecule has 7 heteroatoms. The summed E-state index contributed by atoms with van der Waals surface area (Å²) < 4.78 is 28.0. The first-order valence-electron chi connectivity index (χ1n) is 9.26. The third-order valence-electron chi connectivity index (χ3n) is 4.77. The van der Waals surface area contributed by atoms with Crippen LogP contribution in [0.15, 0.2) is 71.6 Å². The van der Waals surface area contributed by atoms with E-state index in [0.717, 1.165) is 16.7 Å². The topological polar surface area (TPSA) is 99.1 Å². The van der Waals surface area contributed by atoms with Crippen molar-refractivity contribution in [2.24, 2.45) is 0 Å². The fraction of sp³-hybridized carbons (Fsp3) is 0.130. The van der Waals surface area contributed by atoms with E-state index in [1.807, 2.05) is 19.9 Å². The van der Waals surface area contributed by atoms with Gasteiger partial charge in [-0.15, -0.1) is 0 Å². The van der Waals surface area contributed by atoms with Gasteiger partial charge in [-0.25, -0.2) is 8.42 Å². The molecule has 0 aliphatic heterocycles. The lowest BCUT2D eigenvalue weighted by Gasteiger charge is -2.12. The standard InChI is InChI=1S/C23H21N3O3S/c1-16-4-3-5-22(17(16)2)26-30(28,29)21-12-8-19(9-13-21)23(27)25-20-10-6-18(7-11-20)14-15-24/h3-13,26H,14H2,1-2H3,(H,25,27). The monoisotopic (exact) mass is 419 g/mol. The van der Waals surface area contributed by atoms with Gasteiger partial charge >= 0.3 is 0 Å². The Kier molecular flexibility index (Phi) is 6.19. The van der Waals surface area contributed by atoms with Gasteiger partial charge in [-0.05, 0) is 73.0 Å². The summed E-state index contributed by atoms with van der Waals surface area (Å²) in [5, 5.41) is 11.5. The molecule has 152 valence electrons. The van der Waals surface area contributed by atoms with E-state index in [9.17, 15) is 13.2 Å². The van der Waals surface area contributed by atoms with E-state index < -0.39 is 10.0 Å². The largest absolute Gasteiger partial charge is 0.322 e. The van der Waals surface area contributed by atoms with Gasteiger partial charge in [0, 0.05) is 11.3 Å². The van der Waals surface area contributed by atoms with E-state index in [0.29, 0.717) is 23.4 Å². The zero-order valence-electron chi connectivity index (χ0n) is 16.6. The molecule has 2 N–H and O–H groups in total.